The summed E-state index contributed by atoms with van der Waals surface area (Å²) in [5.41, 5.74) is 6.91. The molecule has 0 radical (unpaired) electrons. The molecule has 0 saturated carbocycles. The van der Waals surface area contributed by atoms with Crippen LogP contribution >= 0.6 is 0 Å². The monoisotopic (exact) mass is 558 g/mol. The van der Waals surface area contributed by atoms with Crippen LogP contribution < -0.4 is 17.0 Å². The minimum absolute atomic E-state index is 0.0764. The van der Waals surface area contributed by atoms with Crippen LogP contribution in [0.2, 0.25) is 0 Å². The van der Waals surface area contributed by atoms with Gasteiger partial charge in [0, 0.05) is 22.5 Å². The fraction of sp³-hybridized carbons (Fsp3) is 0.258. The molecule has 2 aromatic heterocycles. The summed E-state index contributed by atoms with van der Waals surface area (Å²) in [6.07, 6.45) is -1.65. The summed E-state index contributed by atoms with van der Waals surface area (Å²) in [6, 6.07) is 13.8. The summed E-state index contributed by atoms with van der Waals surface area (Å²) in [6.45, 7) is 5.02. The summed E-state index contributed by atoms with van der Waals surface area (Å²) < 4.78 is 30.9. The van der Waals surface area contributed by atoms with Gasteiger partial charge in [-0.1, -0.05) is 24.3 Å². The lowest BCUT2D eigenvalue weighted by Crippen LogP contribution is -2.35. The molecule has 6 rings (SSSR count). The molecule has 8 nitrogen and oxygen atoms in total. The first-order chi connectivity index (χ1) is 19.4. The van der Waals surface area contributed by atoms with Gasteiger partial charge in [0.05, 0.1) is 28.1 Å². The summed E-state index contributed by atoms with van der Waals surface area (Å²) in [5, 5.41) is 11.3. The highest BCUT2D eigenvalue weighted by molar-refractivity contribution is 5.91. The minimum Gasteiger partial charge on any atom is -0.386 e. The maximum Gasteiger partial charge on any atom is 0.333 e. The third kappa shape index (κ3) is 4.17. The molecule has 5 N–H and O–H groups in total. The molecule has 0 fully saturated rings. The van der Waals surface area contributed by atoms with Crippen molar-refractivity contribution < 1.29 is 18.7 Å². The van der Waals surface area contributed by atoms with Gasteiger partial charge in [0.25, 0.3) is 5.56 Å². The highest BCUT2D eigenvalue weighted by Crippen LogP contribution is 2.48. The van der Waals surface area contributed by atoms with Gasteiger partial charge in [0.1, 0.15) is 12.0 Å². The molecule has 1 aliphatic rings. The highest BCUT2D eigenvalue weighted by atomic mass is 19.1. The van der Waals surface area contributed by atoms with Gasteiger partial charge in [-0.2, -0.15) is 0 Å². The zero-order valence-electron chi connectivity index (χ0n) is 22.6. The van der Waals surface area contributed by atoms with Crippen molar-refractivity contribution in [3.63, 3.8) is 0 Å². The lowest BCUT2D eigenvalue weighted by atomic mass is 9.73. The van der Waals surface area contributed by atoms with Crippen molar-refractivity contribution in [2.45, 2.75) is 50.8 Å². The van der Waals surface area contributed by atoms with E-state index >= 15 is 4.39 Å². The van der Waals surface area contributed by atoms with Crippen molar-refractivity contribution in [2.75, 3.05) is 0 Å². The van der Waals surface area contributed by atoms with Crippen molar-refractivity contribution in [3.8, 4) is 5.69 Å². The Bertz CT molecular complexity index is 2000. The van der Waals surface area contributed by atoms with Gasteiger partial charge in [-0.15, -0.1) is 0 Å². The maximum atomic E-state index is 16.2. The third-order valence-electron chi connectivity index (χ3n) is 8.18. The fourth-order valence-corrected chi connectivity index (χ4v) is 6.13. The molecule has 0 bridgehead atoms. The maximum absolute atomic E-state index is 16.2. The summed E-state index contributed by atoms with van der Waals surface area (Å²) in [7, 11) is 0. The van der Waals surface area contributed by atoms with Crippen molar-refractivity contribution >= 4 is 27.7 Å². The number of carbonyl (C=O) groups excluding carboxylic acids is 1. The van der Waals surface area contributed by atoms with Crippen LogP contribution in [0.3, 0.4) is 0 Å². The van der Waals surface area contributed by atoms with Gasteiger partial charge >= 0.3 is 5.69 Å². The Hall–Kier alpha value is -4.57. The Kier molecular flexibility index (Phi) is 6.00. The Labute approximate surface area is 232 Å². The van der Waals surface area contributed by atoms with Gasteiger partial charge in [0.2, 0.25) is 5.91 Å². The predicted molar refractivity (Wildman–Crippen MR) is 152 cm³/mol. The van der Waals surface area contributed by atoms with Crippen molar-refractivity contribution in [2.24, 2.45) is 5.73 Å². The lowest BCUT2D eigenvalue weighted by Gasteiger charge is -2.32. The molecule has 0 unspecified atom stereocenters. The number of primary amides is 1. The standard InChI is InChI=1S/C31H28F2N4O4/c1-14-17(5-4-6-24(14)37-29(39)19-10-8-16(32)12-23(19)36-30(37)40)25-21(33)13-20(28(34)38)27-26(25)18-9-7-15(31(2,3)41)11-22(18)35-27/h4-12,20-21,25,35,41H,13H2,1-3H3,(H2,34,38)(H,36,40)/t20-,21+,25+/m0/s1. The van der Waals surface area contributed by atoms with Gasteiger partial charge in [-0.25, -0.2) is 18.1 Å². The number of aliphatic hydroxyl groups is 1. The quantitative estimate of drug-likeness (QED) is 0.262. The third-order valence-corrected chi connectivity index (χ3v) is 8.18. The number of carbonyl (C=O) groups is 1. The normalized spacial score (nSPS) is 19.0. The molecule has 1 aliphatic carbocycles. The smallest absolute Gasteiger partial charge is 0.333 e. The number of halogens is 2. The number of aromatic nitrogens is 3. The number of alkyl halides is 1. The van der Waals surface area contributed by atoms with E-state index < -0.39 is 46.6 Å². The van der Waals surface area contributed by atoms with E-state index in [0.29, 0.717) is 38.9 Å². The Balaban J connectivity index is 1.59. The molecule has 1 amide bonds. The second-order valence-electron chi connectivity index (χ2n) is 11.2. The highest BCUT2D eigenvalue weighted by Gasteiger charge is 2.42. The van der Waals surface area contributed by atoms with E-state index in [0.717, 1.165) is 16.7 Å². The van der Waals surface area contributed by atoms with Crippen LogP contribution in [0, 0.1) is 12.7 Å². The van der Waals surface area contributed by atoms with Gasteiger partial charge in [-0.05, 0) is 79.8 Å². The van der Waals surface area contributed by atoms with E-state index in [1.807, 2.05) is 0 Å². The lowest BCUT2D eigenvalue weighted by molar-refractivity contribution is -0.120. The molecule has 41 heavy (non-hydrogen) atoms. The van der Waals surface area contributed by atoms with Crippen molar-refractivity contribution in [1.29, 1.82) is 0 Å². The van der Waals surface area contributed by atoms with Crippen LogP contribution in [0.5, 0.6) is 0 Å². The van der Waals surface area contributed by atoms with Crippen LogP contribution in [0.15, 0.2) is 64.2 Å². The van der Waals surface area contributed by atoms with E-state index in [4.69, 9.17) is 5.73 Å². The number of benzene rings is 3. The number of nitrogens with one attached hydrogen (secondary N) is 2. The first-order valence-electron chi connectivity index (χ1n) is 13.2. The number of nitrogens with zero attached hydrogens (tertiary/aromatic N) is 1. The molecule has 5 aromatic rings. The van der Waals surface area contributed by atoms with Crippen molar-refractivity contribution in [3.05, 3.63) is 109 Å². The Morgan fingerprint density at radius 3 is 2.46 bits per heavy atom. The number of hydrogen-bond acceptors (Lipinski definition) is 4. The molecule has 3 atom stereocenters. The van der Waals surface area contributed by atoms with Crippen LogP contribution in [0.25, 0.3) is 27.5 Å². The molecule has 10 heteroatoms. The van der Waals surface area contributed by atoms with E-state index in [1.165, 1.54) is 6.07 Å². The number of nitrogens with two attached hydrogens (primary N) is 1. The molecular weight excluding hydrogens is 530 g/mol. The van der Waals surface area contributed by atoms with Crippen LogP contribution in [-0.2, 0) is 10.4 Å². The average molecular weight is 559 g/mol. The van der Waals surface area contributed by atoms with Crippen LogP contribution in [0.1, 0.15) is 60.1 Å². The van der Waals surface area contributed by atoms with E-state index in [9.17, 15) is 23.9 Å². The average Bonchev–Trinajstić information content (AvgIpc) is 3.27. The van der Waals surface area contributed by atoms with Gasteiger partial charge in [-0.3, -0.25) is 9.59 Å². The number of amides is 1. The Morgan fingerprint density at radius 2 is 1.76 bits per heavy atom. The molecule has 0 saturated heterocycles. The second kappa shape index (κ2) is 9.24. The van der Waals surface area contributed by atoms with Gasteiger partial charge in [0.15, 0.2) is 0 Å². The zero-order valence-corrected chi connectivity index (χ0v) is 22.6. The number of fused-ring (bicyclic) bond motifs is 4. The zero-order chi connectivity index (χ0) is 29.4. The summed E-state index contributed by atoms with van der Waals surface area (Å²) in [5.74, 6) is -2.97. The molecule has 0 spiro atoms. The topological polar surface area (TPSA) is 134 Å². The number of hydrogen-bond donors (Lipinski definition) is 4. The van der Waals surface area contributed by atoms with Gasteiger partial charge < -0.3 is 20.8 Å². The summed E-state index contributed by atoms with van der Waals surface area (Å²) in [4.78, 5) is 44.7. The second-order valence-corrected chi connectivity index (χ2v) is 11.2. The van der Waals surface area contributed by atoms with E-state index in [2.05, 4.69) is 9.97 Å². The van der Waals surface area contributed by atoms with E-state index in [1.54, 1.807) is 57.2 Å². The van der Waals surface area contributed by atoms with Crippen LogP contribution in [-0.4, -0.2) is 31.7 Å². The van der Waals surface area contributed by atoms with Crippen molar-refractivity contribution in [1.82, 2.24) is 14.5 Å². The predicted octanol–water partition coefficient (Wildman–Crippen LogP) is 4.28. The molecule has 3 aromatic carbocycles. The molecule has 0 aliphatic heterocycles. The molecule has 210 valence electrons. The largest absolute Gasteiger partial charge is 0.386 e. The first-order valence-corrected chi connectivity index (χ1v) is 13.2. The van der Waals surface area contributed by atoms with E-state index in [-0.39, 0.29) is 23.0 Å². The SMILES string of the molecule is Cc1c([C@H]2c3c([nH]c4cc(C(C)(C)O)ccc34)[C@@H](C(N)=O)C[C@H]2F)cccc1-n1c(=O)[nH]c2cc(F)ccc2c1=O. The fourth-order valence-electron chi connectivity index (χ4n) is 6.13. The number of rotatable bonds is 4. The number of aromatic amines is 2. The summed E-state index contributed by atoms with van der Waals surface area (Å²) >= 11 is 0. The molecular formula is C31H28F2N4O4. The minimum atomic E-state index is -1.50. The Morgan fingerprint density at radius 1 is 1.05 bits per heavy atom. The van der Waals surface area contributed by atoms with Crippen LogP contribution in [0.4, 0.5) is 8.78 Å². The number of H-pyrrole nitrogens is 2. The molecule has 2 heterocycles. The first kappa shape index (κ1) is 26.6.